The van der Waals surface area contributed by atoms with E-state index >= 15 is 0 Å². The highest BCUT2D eigenvalue weighted by molar-refractivity contribution is 5.75. The zero-order valence-electron chi connectivity index (χ0n) is 13.8. The summed E-state index contributed by atoms with van der Waals surface area (Å²) in [5.74, 6) is 2.81. The van der Waals surface area contributed by atoms with Crippen molar-refractivity contribution in [2.45, 2.75) is 19.0 Å². The van der Waals surface area contributed by atoms with Gasteiger partial charge < -0.3 is 0 Å². The van der Waals surface area contributed by atoms with Gasteiger partial charge in [0.1, 0.15) is 0 Å². The van der Waals surface area contributed by atoms with Crippen LogP contribution in [0.3, 0.4) is 0 Å². The molecule has 24 heavy (non-hydrogen) atoms. The zero-order chi connectivity index (χ0) is 16.8. The number of terminal acetylenes is 1. The van der Waals surface area contributed by atoms with Crippen LogP contribution in [-0.2, 0) is 0 Å². The highest BCUT2D eigenvalue weighted by Gasteiger charge is 2.12. The Morgan fingerprint density at radius 3 is 1.54 bits per heavy atom. The molecule has 1 nitrogen and oxygen atoms in total. The average Bonchev–Trinajstić information content (AvgIpc) is 2.64. The first-order valence-corrected chi connectivity index (χ1v) is 8.20. The molecule has 2 aliphatic rings. The molecular weight excluding hydrogens is 290 g/mol. The van der Waals surface area contributed by atoms with Crippen LogP contribution >= 0.6 is 0 Å². The molecule has 0 saturated carbocycles. The standard InChI is InChI=1S/C17H17N.C6H4/c1-3-17(16-12-8-5-9-13-16)18-14(2)15-10-6-4-7-11-15;1-2-6-4-3-5(1)6/h1,4-14,17-18H,2H3;1-4H. The van der Waals surface area contributed by atoms with Gasteiger partial charge in [0, 0.05) is 6.04 Å². The van der Waals surface area contributed by atoms with Crippen LogP contribution in [0.2, 0.25) is 0 Å². The van der Waals surface area contributed by atoms with Crippen molar-refractivity contribution in [3.05, 3.63) is 96.1 Å². The SMILES string of the molecule is C#CC(NC(C)c1ccccc1)c1ccccc1.c1cc2ccc1-2. The lowest BCUT2D eigenvalue weighted by Gasteiger charge is -2.20. The molecule has 0 aliphatic heterocycles. The fourth-order valence-corrected chi connectivity index (χ4v) is 2.64. The van der Waals surface area contributed by atoms with Gasteiger partial charge in [0.2, 0.25) is 0 Å². The third kappa shape index (κ3) is 3.74. The third-order valence-electron chi connectivity index (χ3n) is 4.23. The van der Waals surface area contributed by atoms with E-state index in [-0.39, 0.29) is 12.1 Å². The maximum Gasteiger partial charge on any atom is 0.0947 e. The van der Waals surface area contributed by atoms with E-state index in [2.05, 4.69) is 66.7 Å². The van der Waals surface area contributed by atoms with Crippen molar-refractivity contribution in [3.8, 4) is 23.5 Å². The number of rotatable bonds is 4. The Morgan fingerprint density at radius 1 is 0.708 bits per heavy atom. The lowest BCUT2D eigenvalue weighted by Crippen LogP contribution is -2.23. The van der Waals surface area contributed by atoms with Crippen LogP contribution in [0.1, 0.15) is 30.1 Å². The largest absolute Gasteiger partial charge is 0.293 e. The van der Waals surface area contributed by atoms with E-state index in [1.54, 1.807) is 0 Å². The van der Waals surface area contributed by atoms with E-state index in [1.165, 1.54) is 16.7 Å². The maximum atomic E-state index is 5.62. The molecule has 4 rings (SSSR count). The van der Waals surface area contributed by atoms with Gasteiger partial charge >= 0.3 is 0 Å². The fourth-order valence-electron chi connectivity index (χ4n) is 2.64. The molecule has 2 unspecified atom stereocenters. The minimum absolute atomic E-state index is 0.0543. The number of nitrogens with one attached hydrogen (secondary N) is 1. The Labute approximate surface area is 144 Å². The average molecular weight is 311 g/mol. The van der Waals surface area contributed by atoms with Crippen LogP contribution in [0.15, 0.2) is 84.9 Å². The molecule has 0 spiro atoms. The van der Waals surface area contributed by atoms with Crippen LogP contribution in [0.4, 0.5) is 0 Å². The van der Waals surface area contributed by atoms with Crippen molar-refractivity contribution in [1.29, 1.82) is 0 Å². The van der Waals surface area contributed by atoms with E-state index in [0.29, 0.717) is 0 Å². The molecule has 0 heterocycles. The molecule has 0 amide bonds. The summed E-state index contributed by atoms with van der Waals surface area (Å²) in [6, 6.07) is 29.1. The minimum Gasteiger partial charge on any atom is -0.293 e. The Morgan fingerprint density at radius 2 is 1.17 bits per heavy atom. The van der Waals surface area contributed by atoms with Crippen molar-refractivity contribution < 1.29 is 0 Å². The molecule has 0 saturated heterocycles. The Bertz CT molecular complexity index is 777. The quantitative estimate of drug-likeness (QED) is 0.499. The molecular formula is C23H21N. The van der Waals surface area contributed by atoms with Gasteiger partial charge in [-0.2, -0.15) is 0 Å². The molecule has 1 heteroatoms. The summed E-state index contributed by atoms with van der Waals surface area (Å²) in [5.41, 5.74) is 5.22. The van der Waals surface area contributed by atoms with Gasteiger partial charge in [-0.15, -0.1) is 6.42 Å². The molecule has 2 aromatic carbocycles. The number of fused-ring (bicyclic) bond motifs is 1. The summed E-state index contributed by atoms with van der Waals surface area (Å²) in [7, 11) is 0. The lowest BCUT2D eigenvalue weighted by atomic mass is 9.95. The van der Waals surface area contributed by atoms with Gasteiger partial charge in [0.05, 0.1) is 6.04 Å². The van der Waals surface area contributed by atoms with Crippen molar-refractivity contribution in [3.63, 3.8) is 0 Å². The minimum atomic E-state index is -0.0543. The van der Waals surface area contributed by atoms with Crippen molar-refractivity contribution >= 4 is 0 Å². The predicted molar refractivity (Wildman–Crippen MR) is 101 cm³/mol. The summed E-state index contributed by atoms with van der Waals surface area (Å²) in [5, 5.41) is 3.46. The lowest BCUT2D eigenvalue weighted by molar-refractivity contribution is 0.537. The zero-order valence-corrected chi connectivity index (χ0v) is 13.8. The topological polar surface area (TPSA) is 12.0 Å². The third-order valence-corrected chi connectivity index (χ3v) is 4.23. The molecule has 2 aliphatic carbocycles. The first kappa shape index (κ1) is 16.1. The first-order chi connectivity index (χ1) is 11.8. The van der Waals surface area contributed by atoms with Crippen molar-refractivity contribution in [1.82, 2.24) is 5.32 Å². The second kappa shape index (κ2) is 7.64. The maximum absolute atomic E-state index is 5.62. The van der Waals surface area contributed by atoms with Crippen molar-refractivity contribution in [2.75, 3.05) is 0 Å². The summed E-state index contributed by atoms with van der Waals surface area (Å²) < 4.78 is 0. The van der Waals surface area contributed by atoms with Crippen LogP contribution in [0.5, 0.6) is 0 Å². The molecule has 118 valence electrons. The van der Waals surface area contributed by atoms with E-state index in [9.17, 15) is 0 Å². The Kier molecular flexibility index (Phi) is 5.11. The van der Waals surface area contributed by atoms with E-state index < -0.39 is 0 Å². The predicted octanol–water partition coefficient (Wildman–Crippen LogP) is 5.38. The molecule has 2 atom stereocenters. The second-order valence-electron chi connectivity index (χ2n) is 5.89. The fraction of sp³-hybridized carbons (Fsp3) is 0.130. The highest BCUT2D eigenvalue weighted by atomic mass is 14.9. The molecule has 2 aromatic rings. The Balaban J connectivity index is 0.000000231. The van der Waals surface area contributed by atoms with Gasteiger partial charge in [-0.3, -0.25) is 5.32 Å². The highest BCUT2D eigenvalue weighted by Crippen LogP contribution is 2.29. The van der Waals surface area contributed by atoms with Crippen LogP contribution in [-0.4, -0.2) is 0 Å². The van der Waals surface area contributed by atoms with E-state index in [0.717, 1.165) is 5.56 Å². The van der Waals surface area contributed by atoms with Gasteiger partial charge in [0.15, 0.2) is 0 Å². The molecule has 0 bridgehead atoms. The summed E-state index contributed by atoms with van der Waals surface area (Å²) >= 11 is 0. The normalized spacial score (nSPS) is 13.0. The van der Waals surface area contributed by atoms with Gasteiger partial charge in [-0.05, 0) is 29.2 Å². The van der Waals surface area contributed by atoms with Gasteiger partial charge in [-0.1, -0.05) is 90.8 Å². The summed E-state index contributed by atoms with van der Waals surface area (Å²) in [6.07, 6.45) is 5.62. The van der Waals surface area contributed by atoms with Crippen LogP contribution in [0.25, 0.3) is 11.1 Å². The van der Waals surface area contributed by atoms with Crippen LogP contribution < -0.4 is 5.32 Å². The van der Waals surface area contributed by atoms with Crippen LogP contribution in [0, 0.1) is 12.3 Å². The monoisotopic (exact) mass is 311 g/mol. The summed E-state index contributed by atoms with van der Waals surface area (Å²) in [4.78, 5) is 0. The number of hydrogen-bond acceptors (Lipinski definition) is 1. The van der Waals surface area contributed by atoms with Gasteiger partial charge in [-0.25, -0.2) is 0 Å². The molecule has 0 aromatic heterocycles. The molecule has 1 N–H and O–H groups in total. The number of hydrogen-bond donors (Lipinski definition) is 1. The van der Waals surface area contributed by atoms with Gasteiger partial charge in [0.25, 0.3) is 0 Å². The molecule has 0 fully saturated rings. The summed E-state index contributed by atoms with van der Waals surface area (Å²) in [6.45, 7) is 2.13. The molecule has 0 radical (unpaired) electrons. The Hall–Kier alpha value is -2.82. The van der Waals surface area contributed by atoms with E-state index in [4.69, 9.17) is 6.42 Å². The number of benzene rings is 3. The van der Waals surface area contributed by atoms with E-state index in [1.807, 2.05) is 36.4 Å². The van der Waals surface area contributed by atoms with Crippen molar-refractivity contribution in [2.24, 2.45) is 0 Å². The first-order valence-electron chi connectivity index (χ1n) is 8.20. The smallest absolute Gasteiger partial charge is 0.0947 e. The second-order valence-corrected chi connectivity index (χ2v) is 5.89.